The Balaban J connectivity index is 2.26. The Kier molecular flexibility index (Phi) is 6.25. The monoisotopic (exact) mass is 411 g/mol. The van der Waals surface area contributed by atoms with Gasteiger partial charge in [-0.3, -0.25) is 0 Å². The Morgan fingerprint density at radius 1 is 0.963 bits per heavy atom. The predicted octanol–water partition coefficient (Wildman–Crippen LogP) is 6.45. The molecule has 0 fully saturated rings. The van der Waals surface area contributed by atoms with Crippen LogP contribution in [-0.2, 0) is 6.18 Å². The van der Waals surface area contributed by atoms with Crippen LogP contribution >= 0.6 is 11.6 Å². The molecule has 0 heterocycles. The fourth-order valence-electron chi connectivity index (χ4n) is 2.12. The van der Waals surface area contributed by atoms with Gasteiger partial charge < -0.3 is 9.57 Å². The van der Waals surface area contributed by atoms with E-state index in [4.69, 9.17) is 16.4 Å². The van der Waals surface area contributed by atoms with Gasteiger partial charge in [-0.15, -0.1) is 13.2 Å². The number of alkyl halides is 6. The molecule has 0 atom stereocenters. The Hall–Kier alpha value is -2.42. The number of halogens is 7. The van der Waals surface area contributed by atoms with Crippen LogP contribution in [0.1, 0.15) is 24.5 Å². The predicted molar refractivity (Wildman–Crippen MR) is 87.0 cm³/mol. The first kappa shape index (κ1) is 20.9. The van der Waals surface area contributed by atoms with E-state index < -0.39 is 23.9 Å². The molecule has 0 unspecified atom stereocenters. The molecule has 0 bridgehead atoms. The second-order valence-corrected chi connectivity index (χ2v) is 5.63. The van der Waals surface area contributed by atoms with Gasteiger partial charge in [0.25, 0.3) is 0 Å². The molecule has 3 nitrogen and oxygen atoms in total. The summed E-state index contributed by atoms with van der Waals surface area (Å²) in [5.74, 6) is -0.449. The number of rotatable bonds is 5. The number of nitrogens with zero attached hydrogens (tertiary/aromatic N) is 1. The van der Waals surface area contributed by atoms with Crippen LogP contribution in [0.25, 0.3) is 0 Å². The molecular weight excluding hydrogens is 400 g/mol. The minimum absolute atomic E-state index is 0.0195. The molecule has 10 heteroatoms. The highest BCUT2D eigenvalue weighted by molar-refractivity contribution is 6.31. The van der Waals surface area contributed by atoms with Gasteiger partial charge in [-0.05, 0) is 48.9 Å². The lowest BCUT2D eigenvalue weighted by molar-refractivity contribution is -0.274. The molecule has 27 heavy (non-hydrogen) atoms. The van der Waals surface area contributed by atoms with Crippen molar-refractivity contribution in [1.29, 1.82) is 0 Å². The van der Waals surface area contributed by atoms with Crippen LogP contribution < -0.4 is 9.57 Å². The number of hydrogen-bond acceptors (Lipinski definition) is 3. The van der Waals surface area contributed by atoms with Crippen molar-refractivity contribution in [2.45, 2.75) is 25.9 Å². The zero-order valence-electron chi connectivity index (χ0n) is 13.7. The second-order valence-electron chi connectivity index (χ2n) is 5.19. The summed E-state index contributed by atoms with van der Waals surface area (Å²) in [5, 5.41) is 3.79. The summed E-state index contributed by atoms with van der Waals surface area (Å²) in [4.78, 5) is 5.05. The van der Waals surface area contributed by atoms with Crippen LogP contribution in [0.15, 0.2) is 47.6 Å². The zero-order chi connectivity index (χ0) is 20.2. The van der Waals surface area contributed by atoms with Crippen LogP contribution in [0.2, 0.25) is 5.02 Å². The van der Waals surface area contributed by atoms with E-state index in [0.717, 1.165) is 42.5 Å². The van der Waals surface area contributed by atoms with E-state index in [1.54, 1.807) is 6.92 Å². The summed E-state index contributed by atoms with van der Waals surface area (Å²) in [6.07, 6.45) is -9.36. The van der Waals surface area contributed by atoms with E-state index in [0.29, 0.717) is 0 Å². The summed E-state index contributed by atoms with van der Waals surface area (Å²) < 4.78 is 79.6. The van der Waals surface area contributed by atoms with Crippen LogP contribution in [0, 0.1) is 0 Å². The second kappa shape index (κ2) is 8.08. The van der Waals surface area contributed by atoms with Crippen molar-refractivity contribution in [3.8, 4) is 11.5 Å². The lowest BCUT2D eigenvalue weighted by atomic mass is 10.0. The molecule has 0 spiro atoms. The van der Waals surface area contributed by atoms with E-state index >= 15 is 0 Å². The normalized spacial score (nSPS) is 12.8. The Morgan fingerprint density at radius 2 is 1.56 bits per heavy atom. The third-order valence-electron chi connectivity index (χ3n) is 3.25. The molecule has 2 aromatic rings. The summed E-state index contributed by atoms with van der Waals surface area (Å²) in [7, 11) is 0. The summed E-state index contributed by atoms with van der Waals surface area (Å²) in [6, 6.07) is 7.33. The minimum Gasteiger partial charge on any atom is -0.406 e. The van der Waals surface area contributed by atoms with E-state index in [2.05, 4.69) is 9.89 Å². The highest BCUT2D eigenvalue weighted by Gasteiger charge is 2.34. The Morgan fingerprint density at radius 3 is 2.07 bits per heavy atom. The average Bonchev–Trinajstić information content (AvgIpc) is 2.54. The van der Waals surface area contributed by atoms with Crippen molar-refractivity contribution >= 4 is 17.3 Å². The van der Waals surface area contributed by atoms with Crippen molar-refractivity contribution in [3.63, 3.8) is 0 Å². The molecule has 0 amide bonds. The first-order valence-corrected chi connectivity index (χ1v) is 7.84. The van der Waals surface area contributed by atoms with Gasteiger partial charge in [0, 0.05) is 10.6 Å². The number of ether oxygens (including phenoxy) is 1. The van der Waals surface area contributed by atoms with E-state index in [9.17, 15) is 26.3 Å². The Bertz CT molecular complexity index is 816. The van der Waals surface area contributed by atoms with Crippen molar-refractivity contribution in [3.05, 3.63) is 58.6 Å². The van der Waals surface area contributed by atoms with Crippen LogP contribution in [0.5, 0.6) is 11.5 Å². The van der Waals surface area contributed by atoms with E-state index in [1.807, 2.05) is 0 Å². The molecule has 0 aliphatic carbocycles. The number of hydrogen-bond donors (Lipinski definition) is 0. The molecule has 0 saturated carbocycles. The number of oxime groups is 1. The fourth-order valence-corrected chi connectivity index (χ4v) is 2.29. The minimum atomic E-state index is -4.84. The maximum absolute atomic E-state index is 13.2. The van der Waals surface area contributed by atoms with Crippen molar-refractivity contribution in [2.24, 2.45) is 5.16 Å². The van der Waals surface area contributed by atoms with Crippen LogP contribution in [0.4, 0.5) is 26.3 Å². The SMILES string of the molecule is CC/C(=N\Oc1ccc(OC(F)(F)F)cc1)c1cc(Cl)ccc1C(F)(F)F. The number of benzene rings is 2. The molecular formula is C17H12ClF6NO2. The van der Waals surface area contributed by atoms with E-state index in [-0.39, 0.29) is 28.5 Å². The maximum Gasteiger partial charge on any atom is 0.573 e. The molecule has 0 aromatic heterocycles. The molecule has 0 aliphatic heterocycles. The fraction of sp³-hybridized carbons (Fsp3) is 0.235. The van der Waals surface area contributed by atoms with Gasteiger partial charge in [-0.2, -0.15) is 13.2 Å². The first-order valence-electron chi connectivity index (χ1n) is 7.46. The molecule has 0 aliphatic rings. The lowest BCUT2D eigenvalue weighted by Crippen LogP contribution is -2.16. The highest BCUT2D eigenvalue weighted by Crippen LogP contribution is 2.34. The average molecular weight is 412 g/mol. The van der Waals surface area contributed by atoms with Crippen molar-refractivity contribution in [2.75, 3.05) is 0 Å². The van der Waals surface area contributed by atoms with Gasteiger partial charge in [-0.25, -0.2) is 0 Å². The van der Waals surface area contributed by atoms with Crippen LogP contribution in [-0.4, -0.2) is 12.1 Å². The Labute approximate surface area is 155 Å². The van der Waals surface area contributed by atoms with Gasteiger partial charge in [0.15, 0.2) is 5.75 Å². The molecule has 0 N–H and O–H groups in total. The first-order chi connectivity index (χ1) is 12.5. The molecule has 0 radical (unpaired) electrons. The van der Waals surface area contributed by atoms with Crippen molar-refractivity contribution in [1.82, 2.24) is 0 Å². The lowest BCUT2D eigenvalue weighted by Gasteiger charge is -2.14. The third-order valence-corrected chi connectivity index (χ3v) is 3.49. The van der Waals surface area contributed by atoms with Gasteiger partial charge >= 0.3 is 12.5 Å². The zero-order valence-corrected chi connectivity index (χ0v) is 14.4. The van der Waals surface area contributed by atoms with Gasteiger partial charge in [-0.1, -0.05) is 23.7 Å². The van der Waals surface area contributed by atoms with Crippen LogP contribution in [0.3, 0.4) is 0 Å². The quantitative estimate of drug-likeness (QED) is 0.321. The van der Waals surface area contributed by atoms with Gasteiger partial charge in [0.05, 0.1) is 11.3 Å². The largest absolute Gasteiger partial charge is 0.573 e. The smallest absolute Gasteiger partial charge is 0.406 e. The molecule has 146 valence electrons. The van der Waals surface area contributed by atoms with E-state index in [1.165, 1.54) is 0 Å². The summed E-state index contributed by atoms with van der Waals surface area (Å²) in [6.45, 7) is 1.57. The van der Waals surface area contributed by atoms with Gasteiger partial charge in [0.2, 0.25) is 0 Å². The topological polar surface area (TPSA) is 30.8 Å². The molecule has 2 rings (SSSR count). The maximum atomic E-state index is 13.2. The summed E-state index contributed by atoms with van der Waals surface area (Å²) >= 11 is 5.79. The molecule has 2 aromatic carbocycles. The highest BCUT2D eigenvalue weighted by atomic mass is 35.5. The van der Waals surface area contributed by atoms with Crippen molar-refractivity contribution < 1.29 is 35.9 Å². The molecule has 0 saturated heterocycles. The summed E-state index contributed by atoms with van der Waals surface area (Å²) in [5.41, 5.74) is -1.19. The third kappa shape index (κ3) is 6.06. The standard InChI is InChI=1S/C17H12ClF6NO2/c1-2-15(13-9-10(18)3-8-14(13)16(19,20)21)25-27-12-6-4-11(5-7-12)26-17(22,23)24/h3-9H,2H2,1H3/b25-15+. The van der Waals surface area contributed by atoms with Gasteiger partial charge in [0.1, 0.15) is 5.75 Å².